The Morgan fingerprint density at radius 2 is 1.96 bits per heavy atom. The molecule has 0 unspecified atom stereocenters. The molecule has 1 aromatic heterocycles. The molecule has 1 amide bonds. The van der Waals surface area contributed by atoms with Crippen LogP contribution in [0.15, 0.2) is 24.3 Å². The average Bonchev–Trinajstić information content (AvgIpc) is 2.84. The molecule has 6 nitrogen and oxygen atoms in total. The number of carbonyl (C=O) groups excluding carboxylic acids is 1. The van der Waals surface area contributed by atoms with Gasteiger partial charge in [0.1, 0.15) is 6.54 Å². The molecule has 0 atom stereocenters. The smallest absolute Gasteiger partial charge is 0.350 e. The molecule has 2 aromatic rings. The van der Waals surface area contributed by atoms with Gasteiger partial charge in [-0.25, -0.2) is 0 Å². The Labute approximate surface area is 130 Å². The summed E-state index contributed by atoms with van der Waals surface area (Å²) < 4.78 is 38.1. The third-order valence-corrected chi connectivity index (χ3v) is 2.70. The van der Waals surface area contributed by atoms with Crippen LogP contribution in [0, 0.1) is 0 Å². The van der Waals surface area contributed by atoms with Crippen LogP contribution < -0.4 is 5.32 Å². The summed E-state index contributed by atoms with van der Waals surface area (Å²) in [5, 5.41) is 14.1. The van der Waals surface area contributed by atoms with Gasteiger partial charge in [-0.05, 0) is 38.1 Å². The number of nitrogens with one attached hydrogen (secondary N) is 1. The number of benzene rings is 1. The Balaban J connectivity index is 2.15. The number of aromatic nitrogens is 4. The van der Waals surface area contributed by atoms with E-state index in [0.717, 1.165) is 16.9 Å². The molecular weight excluding hydrogens is 311 g/mol. The molecular formula is C14H16F3N5O. The van der Waals surface area contributed by atoms with Gasteiger partial charge in [0.15, 0.2) is 0 Å². The summed E-state index contributed by atoms with van der Waals surface area (Å²) in [6.07, 6.45) is -4.45. The lowest BCUT2D eigenvalue weighted by Crippen LogP contribution is -2.42. The normalized spacial score (nSPS) is 12.3. The van der Waals surface area contributed by atoms with E-state index in [1.54, 1.807) is 0 Å². The van der Waals surface area contributed by atoms with Crippen molar-refractivity contribution in [3.8, 4) is 11.4 Å². The van der Waals surface area contributed by atoms with E-state index in [1.165, 1.54) is 12.1 Å². The fourth-order valence-electron chi connectivity index (χ4n) is 1.85. The molecule has 1 aromatic carbocycles. The summed E-state index contributed by atoms with van der Waals surface area (Å²) in [4.78, 5) is 12.8. The van der Waals surface area contributed by atoms with Gasteiger partial charge in [0.2, 0.25) is 11.7 Å². The quantitative estimate of drug-likeness (QED) is 0.939. The van der Waals surface area contributed by atoms with Crippen LogP contribution in [-0.4, -0.2) is 31.7 Å². The molecule has 0 aliphatic rings. The summed E-state index contributed by atoms with van der Waals surface area (Å²) in [5.74, 6) is -0.287. The molecule has 0 aliphatic heterocycles. The maximum absolute atomic E-state index is 12.7. The van der Waals surface area contributed by atoms with Gasteiger partial charge in [0, 0.05) is 11.1 Å². The van der Waals surface area contributed by atoms with E-state index in [-0.39, 0.29) is 23.8 Å². The van der Waals surface area contributed by atoms with E-state index in [0.29, 0.717) is 0 Å². The number of rotatable bonds is 3. The Morgan fingerprint density at radius 3 is 2.57 bits per heavy atom. The van der Waals surface area contributed by atoms with E-state index in [2.05, 4.69) is 20.7 Å². The van der Waals surface area contributed by atoms with Gasteiger partial charge in [-0.15, -0.1) is 10.2 Å². The highest BCUT2D eigenvalue weighted by atomic mass is 19.4. The third kappa shape index (κ3) is 4.76. The fourth-order valence-corrected chi connectivity index (χ4v) is 1.85. The zero-order valence-corrected chi connectivity index (χ0v) is 12.8. The van der Waals surface area contributed by atoms with Gasteiger partial charge in [0.05, 0.1) is 5.56 Å². The summed E-state index contributed by atoms with van der Waals surface area (Å²) in [6, 6.07) is 4.62. The van der Waals surface area contributed by atoms with Crippen LogP contribution in [0.25, 0.3) is 11.4 Å². The van der Waals surface area contributed by atoms with E-state index < -0.39 is 17.3 Å². The Bertz CT molecular complexity index is 703. The zero-order valence-electron chi connectivity index (χ0n) is 12.8. The molecule has 1 heterocycles. The fraction of sp³-hybridized carbons (Fsp3) is 0.429. The molecule has 0 saturated heterocycles. The summed E-state index contributed by atoms with van der Waals surface area (Å²) >= 11 is 0. The van der Waals surface area contributed by atoms with Crippen LogP contribution in [0.1, 0.15) is 26.3 Å². The van der Waals surface area contributed by atoms with Gasteiger partial charge in [0.25, 0.3) is 0 Å². The molecule has 0 radical (unpaired) electrons. The highest BCUT2D eigenvalue weighted by molar-refractivity contribution is 5.76. The van der Waals surface area contributed by atoms with Crippen molar-refractivity contribution in [1.29, 1.82) is 0 Å². The van der Waals surface area contributed by atoms with E-state index in [1.807, 2.05) is 20.8 Å². The highest BCUT2D eigenvalue weighted by Crippen LogP contribution is 2.31. The second-order valence-electron chi connectivity index (χ2n) is 6.02. The van der Waals surface area contributed by atoms with Crippen molar-refractivity contribution in [3.63, 3.8) is 0 Å². The van der Waals surface area contributed by atoms with E-state index >= 15 is 0 Å². The lowest BCUT2D eigenvalue weighted by molar-refractivity contribution is -0.137. The molecule has 1 N–H and O–H groups in total. The second kappa shape index (κ2) is 5.98. The maximum Gasteiger partial charge on any atom is 0.416 e. The number of alkyl halides is 3. The predicted molar refractivity (Wildman–Crippen MR) is 76.2 cm³/mol. The standard InChI is InChI=1S/C14H16F3N5O/c1-13(2,3)18-11(23)8-22-20-12(19-21-22)9-5-4-6-10(7-9)14(15,16)17/h4-7H,8H2,1-3H3,(H,18,23). The lowest BCUT2D eigenvalue weighted by Gasteiger charge is -2.19. The molecule has 0 bridgehead atoms. The summed E-state index contributed by atoms with van der Waals surface area (Å²) in [7, 11) is 0. The third-order valence-electron chi connectivity index (χ3n) is 2.70. The number of tetrazole rings is 1. The van der Waals surface area contributed by atoms with Gasteiger partial charge < -0.3 is 5.32 Å². The number of hydrogen-bond donors (Lipinski definition) is 1. The molecule has 23 heavy (non-hydrogen) atoms. The average molecular weight is 327 g/mol. The Hall–Kier alpha value is -2.45. The van der Waals surface area contributed by atoms with Crippen LogP contribution in [0.4, 0.5) is 13.2 Å². The predicted octanol–water partition coefficient (Wildman–Crippen LogP) is 2.27. The van der Waals surface area contributed by atoms with Crippen LogP contribution in [0.2, 0.25) is 0 Å². The van der Waals surface area contributed by atoms with Gasteiger partial charge in [-0.1, -0.05) is 12.1 Å². The number of nitrogens with zero attached hydrogens (tertiary/aromatic N) is 4. The molecule has 0 saturated carbocycles. The van der Waals surface area contributed by atoms with Gasteiger partial charge in [-0.2, -0.15) is 18.0 Å². The zero-order chi connectivity index (χ0) is 17.3. The van der Waals surface area contributed by atoms with Crippen molar-refractivity contribution >= 4 is 5.91 Å². The lowest BCUT2D eigenvalue weighted by atomic mass is 10.1. The highest BCUT2D eigenvalue weighted by Gasteiger charge is 2.30. The monoisotopic (exact) mass is 327 g/mol. The van der Waals surface area contributed by atoms with Gasteiger partial charge in [-0.3, -0.25) is 4.79 Å². The van der Waals surface area contributed by atoms with Crippen molar-refractivity contribution in [2.45, 2.75) is 39.0 Å². The van der Waals surface area contributed by atoms with Crippen molar-refractivity contribution in [3.05, 3.63) is 29.8 Å². The molecule has 124 valence electrons. The first-order chi connectivity index (χ1) is 10.5. The van der Waals surface area contributed by atoms with Crippen LogP contribution >= 0.6 is 0 Å². The topological polar surface area (TPSA) is 72.7 Å². The number of halogens is 3. The first-order valence-electron chi connectivity index (χ1n) is 6.81. The second-order valence-corrected chi connectivity index (χ2v) is 6.02. The van der Waals surface area contributed by atoms with E-state index in [4.69, 9.17) is 0 Å². The molecule has 9 heteroatoms. The number of amides is 1. The maximum atomic E-state index is 12.7. The minimum Gasteiger partial charge on any atom is -0.350 e. The van der Waals surface area contributed by atoms with Crippen molar-refractivity contribution in [2.75, 3.05) is 0 Å². The summed E-state index contributed by atoms with van der Waals surface area (Å²) in [5.41, 5.74) is -1.01. The van der Waals surface area contributed by atoms with Crippen molar-refractivity contribution < 1.29 is 18.0 Å². The van der Waals surface area contributed by atoms with Crippen molar-refractivity contribution in [2.24, 2.45) is 0 Å². The van der Waals surface area contributed by atoms with Crippen LogP contribution in [0.5, 0.6) is 0 Å². The number of hydrogen-bond acceptors (Lipinski definition) is 4. The minimum absolute atomic E-state index is 0.0275. The van der Waals surface area contributed by atoms with E-state index in [9.17, 15) is 18.0 Å². The van der Waals surface area contributed by atoms with Crippen LogP contribution in [0.3, 0.4) is 0 Å². The van der Waals surface area contributed by atoms with Gasteiger partial charge >= 0.3 is 6.18 Å². The molecule has 2 rings (SSSR count). The molecule has 0 fully saturated rings. The Kier molecular flexibility index (Phi) is 4.39. The molecule has 0 spiro atoms. The summed E-state index contributed by atoms with van der Waals surface area (Å²) in [6.45, 7) is 5.32. The number of carbonyl (C=O) groups is 1. The first kappa shape index (κ1) is 16.9. The largest absolute Gasteiger partial charge is 0.416 e. The first-order valence-corrected chi connectivity index (χ1v) is 6.81. The molecule has 0 aliphatic carbocycles. The van der Waals surface area contributed by atoms with Crippen molar-refractivity contribution in [1.82, 2.24) is 25.5 Å². The minimum atomic E-state index is -4.45. The SMILES string of the molecule is CC(C)(C)NC(=O)Cn1nnc(-c2cccc(C(F)(F)F)c2)n1. The van der Waals surface area contributed by atoms with Crippen LogP contribution in [-0.2, 0) is 17.5 Å². The Morgan fingerprint density at radius 1 is 1.26 bits per heavy atom.